The van der Waals surface area contributed by atoms with E-state index in [0.29, 0.717) is 24.8 Å². The number of nitrogens with zero attached hydrogens (tertiary/aromatic N) is 1. The van der Waals surface area contributed by atoms with Crippen LogP contribution < -0.4 is 0 Å². The van der Waals surface area contributed by atoms with E-state index in [4.69, 9.17) is 0 Å². The number of carboxylic acid groups (broad SMARTS) is 1. The minimum atomic E-state index is -0.876. The first-order valence-corrected chi connectivity index (χ1v) is 8.57. The minimum absolute atomic E-state index is 0.0673. The van der Waals surface area contributed by atoms with Crippen molar-refractivity contribution in [3.05, 3.63) is 0 Å². The number of carboxylic acids is 1. The zero-order valence-corrected chi connectivity index (χ0v) is 13.4. The van der Waals surface area contributed by atoms with Crippen molar-refractivity contribution in [2.75, 3.05) is 6.54 Å². The zero-order valence-electron chi connectivity index (χ0n) is 13.4. The van der Waals surface area contributed by atoms with Crippen molar-refractivity contribution in [2.45, 2.75) is 77.7 Å². The smallest absolute Gasteiger partial charge is 0.310 e. The Morgan fingerprint density at radius 1 is 1.10 bits per heavy atom. The summed E-state index contributed by atoms with van der Waals surface area (Å²) in [6.45, 7) is 4.58. The van der Waals surface area contributed by atoms with E-state index in [0.717, 1.165) is 19.4 Å². The van der Waals surface area contributed by atoms with Gasteiger partial charge in [-0.3, -0.25) is 9.59 Å². The number of fused-ring (bicyclic) bond motifs is 1. The summed E-state index contributed by atoms with van der Waals surface area (Å²) in [7, 11) is 0. The molecule has 4 nitrogen and oxygen atoms in total. The summed E-state index contributed by atoms with van der Waals surface area (Å²) >= 11 is 0. The Kier molecular flexibility index (Phi) is 5.28. The quantitative estimate of drug-likeness (QED) is 0.845. The molecule has 0 radical (unpaired) electrons. The molecule has 1 N–H and O–H groups in total. The molecule has 1 amide bonds. The topological polar surface area (TPSA) is 57.6 Å². The molecule has 2 aliphatic rings. The fraction of sp³-hybridized carbons (Fsp3) is 0.882. The van der Waals surface area contributed by atoms with Crippen LogP contribution in [0.1, 0.15) is 71.6 Å². The molecule has 0 aromatic heterocycles. The Labute approximate surface area is 127 Å². The van der Waals surface area contributed by atoms with Gasteiger partial charge in [0.25, 0.3) is 0 Å². The average molecular weight is 295 g/mol. The number of carbonyl (C=O) groups is 2. The summed E-state index contributed by atoms with van der Waals surface area (Å²) < 4.78 is 0. The second-order valence-electron chi connectivity index (χ2n) is 6.81. The van der Waals surface area contributed by atoms with Gasteiger partial charge in [0.2, 0.25) is 5.91 Å². The van der Waals surface area contributed by atoms with Crippen LogP contribution in [0.4, 0.5) is 0 Å². The lowest BCUT2D eigenvalue weighted by molar-refractivity contribution is -0.156. The normalized spacial score (nSPS) is 26.3. The highest BCUT2D eigenvalue weighted by Crippen LogP contribution is 2.38. The van der Waals surface area contributed by atoms with E-state index in [1.54, 1.807) is 0 Å². The predicted molar refractivity (Wildman–Crippen MR) is 82.0 cm³/mol. The van der Waals surface area contributed by atoms with Gasteiger partial charge in [-0.2, -0.15) is 0 Å². The molecule has 0 aromatic rings. The van der Waals surface area contributed by atoms with Gasteiger partial charge < -0.3 is 10.0 Å². The van der Waals surface area contributed by atoms with E-state index in [2.05, 4.69) is 0 Å². The maximum Gasteiger partial charge on any atom is 0.310 e. The minimum Gasteiger partial charge on any atom is -0.481 e. The number of amides is 1. The van der Waals surface area contributed by atoms with Crippen LogP contribution in [-0.4, -0.2) is 34.5 Å². The van der Waals surface area contributed by atoms with Crippen LogP contribution in [0.25, 0.3) is 0 Å². The Morgan fingerprint density at radius 2 is 1.71 bits per heavy atom. The van der Waals surface area contributed by atoms with E-state index in [1.165, 1.54) is 25.7 Å². The number of carbonyl (C=O) groups excluding carboxylic acids is 1. The lowest BCUT2D eigenvalue weighted by Gasteiger charge is -2.45. The molecule has 1 aliphatic carbocycles. The molecule has 1 saturated carbocycles. The van der Waals surface area contributed by atoms with Crippen molar-refractivity contribution in [1.82, 2.24) is 4.90 Å². The summed E-state index contributed by atoms with van der Waals surface area (Å²) in [5, 5.41) is 9.53. The van der Waals surface area contributed by atoms with E-state index in [-0.39, 0.29) is 12.3 Å². The second kappa shape index (κ2) is 6.80. The first-order chi connectivity index (χ1) is 10.0. The Balaban J connectivity index is 2.09. The fourth-order valence-electron chi connectivity index (χ4n) is 4.20. The summed E-state index contributed by atoms with van der Waals surface area (Å²) in [5.74, 6) is -0.102. The molecule has 4 heteroatoms. The average Bonchev–Trinajstić information content (AvgIpc) is 2.51. The molecule has 2 atom stereocenters. The molecule has 0 bridgehead atoms. The van der Waals surface area contributed by atoms with Gasteiger partial charge in [0.15, 0.2) is 0 Å². The molecule has 0 aromatic carbocycles. The molecular weight excluding hydrogens is 266 g/mol. The largest absolute Gasteiger partial charge is 0.481 e. The van der Waals surface area contributed by atoms with Gasteiger partial charge in [0, 0.05) is 19.0 Å². The van der Waals surface area contributed by atoms with Gasteiger partial charge in [-0.05, 0) is 44.4 Å². The van der Waals surface area contributed by atoms with Gasteiger partial charge >= 0.3 is 5.97 Å². The number of rotatable bonds is 5. The lowest BCUT2D eigenvalue weighted by Crippen LogP contribution is -2.51. The van der Waals surface area contributed by atoms with Crippen molar-refractivity contribution in [1.29, 1.82) is 0 Å². The van der Waals surface area contributed by atoms with E-state index in [1.807, 2.05) is 18.7 Å². The van der Waals surface area contributed by atoms with Gasteiger partial charge in [-0.1, -0.05) is 26.7 Å². The zero-order chi connectivity index (χ0) is 15.5. The van der Waals surface area contributed by atoms with Crippen molar-refractivity contribution in [3.8, 4) is 0 Å². The van der Waals surface area contributed by atoms with Crippen LogP contribution in [0.3, 0.4) is 0 Å². The monoisotopic (exact) mass is 295 g/mol. The molecule has 0 spiro atoms. The third kappa shape index (κ3) is 3.24. The standard InChI is InChI=1S/C17H29NO3/c1-3-17(4-2,16(20)21)12-15(19)18-11-7-9-13-8-5-6-10-14(13)18/h13-14H,3-12H2,1-2H3,(H,20,21)/t13-,14-/m1/s1. The SMILES string of the molecule is CCC(CC)(CC(=O)N1CCC[C@H]2CCCC[C@H]21)C(=O)O. The van der Waals surface area contributed by atoms with Crippen molar-refractivity contribution in [3.63, 3.8) is 0 Å². The predicted octanol–water partition coefficient (Wildman–Crippen LogP) is 3.45. The molecule has 1 heterocycles. The molecule has 120 valence electrons. The molecule has 1 aliphatic heterocycles. The summed E-state index contributed by atoms with van der Waals surface area (Å²) in [4.78, 5) is 26.4. The molecule has 2 fully saturated rings. The maximum atomic E-state index is 12.8. The van der Waals surface area contributed by atoms with E-state index < -0.39 is 11.4 Å². The maximum absolute atomic E-state index is 12.8. The first kappa shape index (κ1) is 16.3. The van der Waals surface area contributed by atoms with Crippen LogP contribution in [0.2, 0.25) is 0 Å². The molecule has 0 unspecified atom stereocenters. The second-order valence-corrected chi connectivity index (χ2v) is 6.81. The highest BCUT2D eigenvalue weighted by molar-refractivity contribution is 5.85. The Hall–Kier alpha value is -1.06. The van der Waals surface area contributed by atoms with Gasteiger partial charge in [0.05, 0.1) is 5.41 Å². The lowest BCUT2D eigenvalue weighted by atomic mass is 9.76. The Morgan fingerprint density at radius 3 is 2.33 bits per heavy atom. The third-order valence-electron chi connectivity index (χ3n) is 5.86. The van der Waals surface area contributed by atoms with Gasteiger partial charge in [0.1, 0.15) is 0 Å². The van der Waals surface area contributed by atoms with Crippen LogP contribution >= 0.6 is 0 Å². The fourth-order valence-corrected chi connectivity index (χ4v) is 4.20. The van der Waals surface area contributed by atoms with Crippen molar-refractivity contribution in [2.24, 2.45) is 11.3 Å². The van der Waals surface area contributed by atoms with Crippen LogP contribution in [0, 0.1) is 11.3 Å². The Bertz CT molecular complexity index is 387. The van der Waals surface area contributed by atoms with Crippen LogP contribution in [0.5, 0.6) is 0 Å². The van der Waals surface area contributed by atoms with Crippen LogP contribution in [0.15, 0.2) is 0 Å². The van der Waals surface area contributed by atoms with Crippen LogP contribution in [-0.2, 0) is 9.59 Å². The molecular formula is C17H29NO3. The molecule has 21 heavy (non-hydrogen) atoms. The number of hydrogen-bond acceptors (Lipinski definition) is 2. The number of likely N-dealkylation sites (tertiary alicyclic amines) is 1. The summed E-state index contributed by atoms with van der Waals surface area (Å²) in [6.07, 6.45) is 8.35. The highest BCUT2D eigenvalue weighted by atomic mass is 16.4. The van der Waals surface area contributed by atoms with Gasteiger partial charge in [-0.15, -0.1) is 0 Å². The summed E-state index contributed by atoms with van der Waals surface area (Å²) in [5.41, 5.74) is -0.876. The first-order valence-electron chi connectivity index (χ1n) is 8.57. The highest BCUT2D eigenvalue weighted by Gasteiger charge is 2.41. The number of aliphatic carboxylic acids is 1. The van der Waals surface area contributed by atoms with Crippen molar-refractivity contribution >= 4 is 11.9 Å². The number of hydrogen-bond donors (Lipinski definition) is 1. The van der Waals surface area contributed by atoms with Crippen molar-refractivity contribution < 1.29 is 14.7 Å². The molecule has 1 saturated heterocycles. The number of piperidine rings is 1. The summed E-state index contributed by atoms with van der Waals surface area (Å²) in [6, 6.07) is 0.375. The van der Waals surface area contributed by atoms with E-state index >= 15 is 0 Å². The molecule has 2 rings (SSSR count). The van der Waals surface area contributed by atoms with Gasteiger partial charge in [-0.25, -0.2) is 0 Å². The van der Waals surface area contributed by atoms with E-state index in [9.17, 15) is 14.7 Å². The third-order valence-corrected chi connectivity index (χ3v) is 5.86.